The van der Waals surface area contributed by atoms with E-state index in [-0.39, 0.29) is 5.75 Å². The van der Waals surface area contributed by atoms with Crippen molar-refractivity contribution < 1.29 is 14.6 Å². The van der Waals surface area contributed by atoms with Gasteiger partial charge in [-0.2, -0.15) is 0 Å². The van der Waals surface area contributed by atoms with E-state index in [0.717, 1.165) is 28.0 Å². The summed E-state index contributed by atoms with van der Waals surface area (Å²) in [5, 5.41) is 10.5. The van der Waals surface area contributed by atoms with Crippen molar-refractivity contribution in [2.45, 2.75) is 6.61 Å². The summed E-state index contributed by atoms with van der Waals surface area (Å²) in [7, 11) is 1.63. The van der Waals surface area contributed by atoms with Crippen LogP contribution in [0, 0.1) is 0 Å². The summed E-state index contributed by atoms with van der Waals surface area (Å²) >= 11 is 0. The van der Waals surface area contributed by atoms with Crippen LogP contribution in [-0.2, 0) is 6.61 Å². The van der Waals surface area contributed by atoms with Gasteiger partial charge in [0.1, 0.15) is 23.9 Å². The number of aromatic amines is 1. The van der Waals surface area contributed by atoms with E-state index < -0.39 is 0 Å². The van der Waals surface area contributed by atoms with E-state index in [0.29, 0.717) is 6.61 Å². The third kappa shape index (κ3) is 2.40. The molecule has 4 nitrogen and oxygen atoms in total. The van der Waals surface area contributed by atoms with Crippen molar-refractivity contribution in [3.8, 4) is 17.2 Å². The van der Waals surface area contributed by atoms with Crippen LogP contribution in [0.2, 0.25) is 0 Å². The van der Waals surface area contributed by atoms with E-state index >= 15 is 0 Å². The molecule has 1 aromatic heterocycles. The number of ether oxygens (including phenoxy) is 2. The van der Waals surface area contributed by atoms with Crippen molar-refractivity contribution in [1.82, 2.24) is 4.98 Å². The van der Waals surface area contributed by atoms with Gasteiger partial charge in [0.2, 0.25) is 0 Å². The van der Waals surface area contributed by atoms with Gasteiger partial charge in [0, 0.05) is 22.7 Å². The Morgan fingerprint density at radius 3 is 2.55 bits per heavy atom. The third-order valence-electron chi connectivity index (χ3n) is 3.20. The summed E-state index contributed by atoms with van der Waals surface area (Å²) in [5.74, 6) is 1.83. The Bertz CT molecular complexity index is 716. The number of phenolic OH excluding ortho intramolecular Hbond substituents is 1. The standard InChI is InChI=1S/C16H15NO3/c1-19-13-3-5-14(6-4-13)20-10-11-9-17-16-7-2-12(18)8-15(11)16/h2-9,17-18H,10H2,1H3. The Labute approximate surface area is 116 Å². The normalized spacial score (nSPS) is 10.7. The first-order chi connectivity index (χ1) is 9.76. The van der Waals surface area contributed by atoms with Crippen LogP contribution < -0.4 is 9.47 Å². The van der Waals surface area contributed by atoms with Crippen LogP contribution in [0.5, 0.6) is 17.2 Å². The molecule has 1 heterocycles. The summed E-state index contributed by atoms with van der Waals surface area (Å²) in [6.45, 7) is 0.440. The highest BCUT2D eigenvalue weighted by molar-refractivity contribution is 5.84. The van der Waals surface area contributed by atoms with Gasteiger partial charge in [0.25, 0.3) is 0 Å². The highest BCUT2D eigenvalue weighted by Gasteiger charge is 2.05. The number of benzene rings is 2. The molecule has 0 spiro atoms. The molecular formula is C16H15NO3. The number of methoxy groups -OCH3 is 1. The average Bonchev–Trinajstić information content (AvgIpc) is 2.88. The van der Waals surface area contributed by atoms with Crippen molar-refractivity contribution in [3.05, 3.63) is 54.2 Å². The Morgan fingerprint density at radius 2 is 1.80 bits per heavy atom. The van der Waals surface area contributed by atoms with Crippen molar-refractivity contribution in [1.29, 1.82) is 0 Å². The van der Waals surface area contributed by atoms with Crippen molar-refractivity contribution in [3.63, 3.8) is 0 Å². The van der Waals surface area contributed by atoms with E-state index in [1.807, 2.05) is 36.5 Å². The topological polar surface area (TPSA) is 54.5 Å². The Morgan fingerprint density at radius 1 is 1.05 bits per heavy atom. The fourth-order valence-corrected chi connectivity index (χ4v) is 2.12. The molecule has 0 saturated heterocycles. The number of aromatic hydroxyl groups is 1. The van der Waals surface area contributed by atoms with Crippen LogP contribution in [0.4, 0.5) is 0 Å². The molecule has 3 rings (SSSR count). The molecule has 0 aliphatic rings. The molecule has 3 aromatic rings. The minimum Gasteiger partial charge on any atom is -0.508 e. The maximum atomic E-state index is 9.55. The van der Waals surface area contributed by atoms with Gasteiger partial charge in [0.05, 0.1) is 7.11 Å². The second-order valence-corrected chi connectivity index (χ2v) is 4.51. The zero-order valence-corrected chi connectivity index (χ0v) is 11.1. The van der Waals surface area contributed by atoms with E-state index in [4.69, 9.17) is 9.47 Å². The number of hydrogen-bond donors (Lipinski definition) is 2. The number of phenols is 1. The Balaban J connectivity index is 1.77. The molecule has 102 valence electrons. The number of rotatable bonds is 4. The minimum atomic E-state index is 0.253. The summed E-state index contributed by atoms with van der Waals surface area (Å²) in [6.07, 6.45) is 1.90. The van der Waals surface area contributed by atoms with Gasteiger partial charge in [-0.05, 0) is 42.5 Å². The van der Waals surface area contributed by atoms with Gasteiger partial charge < -0.3 is 19.6 Å². The second kappa shape index (κ2) is 5.17. The minimum absolute atomic E-state index is 0.253. The fourth-order valence-electron chi connectivity index (χ4n) is 2.12. The molecule has 0 unspecified atom stereocenters. The zero-order valence-electron chi connectivity index (χ0n) is 11.1. The van der Waals surface area contributed by atoms with E-state index in [1.54, 1.807) is 19.2 Å². The molecule has 2 N–H and O–H groups in total. The molecule has 2 aromatic carbocycles. The van der Waals surface area contributed by atoms with E-state index in [9.17, 15) is 5.11 Å². The monoisotopic (exact) mass is 269 g/mol. The first-order valence-electron chi connectivity index (χ1n) is 6.32. The van der Waals surface area contributed by atoms with Gasteiger partial charge in [-0.3, -0.25) is 0 Å². The highest BCUT2D eigenvalue weighted by atomic mass is 16.5. The number of fused-ring (bicyclic) bond motifs is 1. The largest absolute Gasteiger partial charge is 0.508 e. The first kappa shape index (κ1) is 12.4. The quantitative estimate of drug-likeness (QED) is 0.762. The molecule has 0 aliphatic heterocycles. The third-order valence-corrected chi connectivity index (χ3v) is 3.20. The predicted molar refractivity (Wildman–Crippen MR) is 77.3 cm³/mol. The molecule has 20 heavy (non-hydrogen) atoms. The molecule has 0 atom stereocenters. The second-order valence-electron chi connectivity index (χ2n) is 4.51. The molecule has 0 fully saturated rings. The molecule has 0 amide bonds. The van der Waals surface area contributed by atoms with Crippen LogP contribution in [-0.4, -0.2) is 17.2 Å². The average molecular weight is 269 g/mol. The summed E-state index contributed by atoms with van der Waals surface area (Å²) < 4.78 is 10.8. The number of aromatic nitrogens is 1. The molecule has 4 heteroatoms. The van der Waals surface area contributed by atoms with Crippen molar-refractivity contribution in [2.75, 3.05) is 7.11 Å². The van der Waals surface area contributed by atoms with Crippen LogP contribution in [0.15, 0.2) is 48.7 Å². The van der Waals surface area contributed by atoms with Crippen molar-refractivity contribution in [2.24, 2.45) is 0 Å². The SMILES string of the molecule is COc1ccc(OCc2c[nH]c3ccc(O)cc23)cc1. The molecule has 0 radical (unpaired) electrons. The molecular weight excluding hydrogens is 254 g/mol. The highest BCUT2D eigenvalue weighted by Crippen LogP contribution is 2.24. The Kier molecular flexibility index (Phi) is 3.21. The number of nitrogens with one attached hydrogen (secondary N) is 1. The van der Waals surface area contributed by atoms with Crippen LogP contribution in [0.3, 0.4) is 0 Å². The van der Waals surface area contributed by atoms with Gasteiger partial charge in [-0.25, -0.2) is 0 Å². The number of hydrogen-bond acceptors (Lipinski definition) is 3. The van der Waals surface area contributed by atoms with Gasteiger partial charge >= 0.3 is 0 Å². The summed E-state index contributed by atoms with van der Waals surface area (Å²) in [4.78, 5) is 3.16. The van der Waals surface area contributed by atoms with Gasteiger partial charge in [0.15, 0.2) is 0 Å². The maximum absolute atomic E-state index is 9.55. The molecule has 0 bridgehead atoms. The first-order valence-corrected chi connectivity index (χ1v) is 6.32. The Hall–Kier alpha value is -2.62. The maximum Gasteiger partial charge on any atom is 0.120 e. The molecule has 0 aliphatic carbocycles. The van der Waals surface area contributed by atoms with Gasteiger partial charge in [-0.15, -0.1) is 0 Å². The lowest BCUT2D eigenvalue weighted by atomic mass is 10.2. The van der Waals surface area contributed by atoms with E-state index in [1.165, 1.54) is 0 Å². The van der Waals surface area contributed by atoms with Crippen LogP contribution >= 0.6 is 0 Å². The van der Waals surface area contributed by atoms with Crippen molar-refractivity contribution >= 4 is 10.9 Å². The lowest BCUT2D eigenvalue weighted by Gasteiger charge is -2.06. The lowest BCUT2D eigenvalue weighted by molar-refractivity contribution is 0.307. The fraction of sp³-hybridized carbons (Fsp3) is 0.125. The van der Waals surface area contributed by atoms with Crippen LogP contribution in [0.1, 0.15) is 5.56 Å². The summed E-state index contributed by atoms with van der Waals surface area (Å²) in [6, 6.07) is 12.7. The van der Waals surface area contributed by atoms with Crippen LogP contribution in [0.25, 0.3) is 10.9 Å². The van der Waals surface area contributed by atoms with Gasteiger partial charge in [-0.1, -0.05) is 0 Å². The zero-order chi connectivity index (χ0) is 13.9. The lowest BCUT2D eigenvalue weighted by Crippen LogP contribution is -1.94. The number of H-pyrrole nitrogens is 1. The van der Waals surface area contributed by atoms with E-state index in [2.05, 4.69) is 4.98 Å². The molecule has 0 saturated carbocycles. The predicted octanol–water partition coefficient (Wildman–Crippen LogP) is 3.46. The summed E-state index contributed by atoms with van der Waals surface area (Å²) in [5.41, 5.74) is 1.99. The smallest absolute Gasteiger partial charge is 0.120 e.